The molecule has 6 heteroatoms. The first kappa shape index (κ1) is 16.2. The molecule has 5 nitrogen and oxygen atoms in total. The van der Waals surface area contributed by atoms with Gasteiger partial charge in [-0.15, -0.1) is 11.3 Å². The summed E-state index contributed by atoms with van der Waals surface area (Å²) in [6.07, 6.45) is 10.7. The third-order valence-corrected chi connectivity index (χ3v) is 6.11. The van der Waals surface area contributed by atoms with E-state index in [0.29, 0.717) is 12.1 Å². The number of hydrogen-bond acceptors (Lipinski definition) is 6. The number of thiophene rings is 1. The van der Waals surface area contributed by atoms with Gasteiger partial charge in [0.25, 0.3) is 0 Å². The van der Waals surface area contributed by atoms with Crippen LogP contribution in [0.2, 0.25) is 0 Å². The van der Waals surface area contributed by atoms with E-state index in [1.807, 2.05) is 0 Å². The van der Waals surface area contributed by atoms with E-state index < -0.39 is 0 Å². The monoisotopic (exact) mass is 346 g/mol. The minimum Gasteiger partial charge on any atom is -0.380 e. The minimum atomic E-state index is 0.491. The molecule has 2 fully saturated rings. The lowest BCUT2D eigenvalue weighted by molar-refractivity contribution is 0.190. The van der Waals surface area contributed by atoms with E-state index in [9.17, 15) is 0 Å². The molecule has 1 aliphatic heterocycles. The Labute approximate surface area is 147 Å². The molecule has 1 atom stereocenters. The Hall–Kier alpha value is -1.24. The minimum absolute atomic E-state index is 0.491. The first-order chi connectivity index (χ1) is 11.9. The molecule has 3 heterocycles. The summed E-state index contributed by atoms with van der Waals surface area (Å²) in [6.45, 7) is 2.60. The summed E-state index contributed by atoms with van der Waals surface area (Å²) in [4.78, 5) is 11.4. The molecular formula is C18H26N4OS. The molecule has 1 unspecified atom stereocenters. The molecule has 0 amide bonds. The summed E-state index contributed by atoms with van der Waals surface area (Å²) >= 11 is 1.77. The smallest absolute Gasteiger partial charge is 0.138 e. The van der Waals surface area contributed by atoms with Gasteiger partial charge in [0.05, 0.1) is 12.0 Å². The molecule has 0 spiro atoms. The van der Waals surface area contributed by atoms with Crippen LogP contribution in [-0.4, -0.2) is 35.3 Å². The Bertz CT molecular complexity index is 660. The van der Waals surface area contributed by atoms with Gasteiger partial charge >= 0.3 is 0 Å². The van der Waals surface area contributed by atoms with Gasteiger partial charge in [0.2, 0.25) is 0 Å². The predicted molar refractivity (Wildman–Crippen MR) is 98.6 cm³/mol. The predicted octanol–water partition coefficient (Wildman–Crippen LogP) is 3.70. The molecule has 0 radical (unpaired) electrons. The van der Waals surface area contributed by atoms with Gasteiger partial charge in [-0.05, 0) is 25.3 Å². The molecule has 1 aliphatic carbocycles. The maximum Gasteiger partial charge on any atom is 0.138 e. The van der Waals surface area contributed by atoms with Crippen LogP contribution >= 0.6 is 11.3 Å². The van der Waals surface area contributed by atoms with Gasteiger partial charge in [-0.2, -0.15) is 0 Å². The van der Waals surface area contributed by atoms with Crippen LogP contribution in [0.5, 0.6) is 0 Å². The average Bonchev–Trinajstić information content (AvgIpc) is 3.18. The average molecular weight is 347 g/mol. The molecular weight excluding hydrogens is 320 g/mol. The maximum absolute atomic E-state index is 5.43. The summed E-state index contributed by atoms with van der Waals surface area (Å²) in [7, 11) is 0. The number of hydrogen-bond donors (Lipinski definition) is 2. The molecule has 24 heavy (non-hydrogen) atoms. The zero-order valence-corrected chi connectivity index (χ0v) is 14.9. The van der Waals surface area contributed by atoms with Crippen molar-refractivity contribution in [2.24, 2.45) is 0 Å². The van der Waals surface area contributed by atoms with E-state index in [2.05, 4.69) is 26.7 Å². The number of nitrogens with one attached hydrogen (secondary N) is 2. The highest BCUT2D eigenvalue weighted by molar-refractivity contribution is 7.18. The van der Waals surface area contributed by atoms with Crippen LogP contribution in [0.3, 0.4) is 0 Å². The Morgan fingerprint density at radius 2 is 1.96 bits per heavy atom. The lowest BCUT2D eigenvalue weighted by Crippen LogP contribution is -2.28. The fourth-order valence-electron chi connectivity index (χ4n) is 3.67. The molecule has 1 saturated heterocycles. The van der Waals surface area contributed by atoms with Crippen molar-refractivity contribution in [3.05, 3.63) is 17.3 Å². The Morgan fingerprint density at radius 3 is 2.75 bits per heavy atom. The second-order valence-corrected chi connectivity index (χ2v) is 8.04. The zero-order chi connectivity index (χ0) is 16.2. The summed E-state index contributed by atoms with van der Waals surface area (Å²) < 4.78 is 5.43. The highest BCUT2D eigenvalue weighted by Gasteiger charge is 2.17. The number of ether oxygens (including phenoxy) is 1. The third kappa shape index (κ3) is 3.87. The molecule has 2 N–H and O–H groups in total. The van der Waals surface area contributed by atoms with Crippen LogP contribution in [0.4, 0.5) is 5.82 Å². The fourth-order valence-corrected chi connectivity index (χ4v) is 4.61. The number of nitrogens with zero attached hydrogens (tertiary/aromatic N) is 2. The summed E-state index contributed by atoms with van der Waals surface area (Å²) in [5, 5.41) is 8.45. The lowest BCUT2D eigenvalue weighted by atomic mass is 10.1. The van der Waals surface area contributed by atoms with Crippen molar-refractivity contribution in [3.8, 4) is 0 Å². The highest BCUT2D eigenvalue weighted by Crippen LogP contribution is 2.30. The highest BCUT2D eigenvalue weighted by atomic mass is 32.1. The van der Waals surface area contributed by atoms with Crippen LogP contribution in [0, 0.1) is 0 Å². The Balaban J connectivity index is 1.46. The molecule has 2 aromatic rings. The summed E-state index contributed by atoms with van der Waals surface area (Å²) in [6, 6.07) is 3.30. The van der Waals surface area contributed by atoms with Crippen molar-refractivity contribution in [2.45, 2.75) is 63.6 Å². The van der Waals surface area contributed by atoms with Crippen molar-refractivity contribution < 1.29 is 4.74 Å². The largest absolute Gasteiger partial charge is 0.380 e. The van der Waals surface area contributed by atoms with Crippen LogP contribution in [0.25, 0.3) is 10.2 Å². The molecule has 130 valence electrons. The number of anilines is 1. The Morgan fingerprint density at radius 1 is 1.08 bits per heavy atom. The van der Waals surface area contributed by atoms with Crippen LogP contribution in [0.15, 0.2) is 12.4 Å². The lowest BCUT2D eigenvalue weighted by Gasteiger charge is -2.17. The van der Waals surface area contributed by atoms with Crippen molar-refractivity contribution in [1.82, 2.24) is 15.3 Å². The number of fused-ring (bicyclic) bond motifs is 1. The van der Waals surface area contributed by atoms with Crippen molar-refractivity contribution in [1.29, 1.82) is 0 Å². The Kier molecular flexibility index (Phi) is 5.25. The van der Waals surface area contributed by atoms with E-state index in [1.54, 1.807) is 17.7 Å². The molecule has 0 aromatic carbocycles. The van der Waals surface area contributed by atoms with Crippen LogP contribution in [-0.2, 0) is 11.3 Å². The van der Waals surface area contributed by atoms with Gasteiger partial charge in [-0.3, -0.25) is 0 Å². The standard InChI is InChI=1S/C18H26N4OS/c1-2-4-6-13(5-3-1)22-17-16-9-15(24-18(16)21-12-20-17)10-19-14-7-8-23-11-14/h9,12-14,19H,1-8,10-11H2,(H,20,21,22). The summed E-state index contributed by atoms with van der Waals surface area (Å²) in [5.41, 5.74) is 0. The van der Waals surface area contributed by atoms with Gasteiger partial charge in [-0.1, -0.05) is 25.7 Å². The van der Waals surface area contributed by atoms with Gasteiger partial charge in [-0.25, -0.2) is 9.97 Å². The van der Waals surface area contributed by atoms with Gasteiger partial charge < -0.3 is 15.4 Å². The normalized spacial score (nSPS) is 22.8. The molecule has 0 bridgehead atoms. The quantitative estimate of drug-likeness (QED) is 0.808. The topological polar surface area (TPSA) is 59.1 Å². The van der Waals surface area contributed by atoms with Crippen molar-refractivity contribution >= 4 is 27.4 Å². The first-order valence-electron chi connectivity index (χ1n) is 9.19. The second-order valence-electron chi connectivity index (χ2n) is 6.93. The maximum atomic E-state index is 5.43. The van der Waals surface area contributed by atoms with E-state index in [1.165, 1.54) is 48.8 Å². The molecule has 1 saturated carbocycles. The molecule has 2 aromatic heterocycles. The van der Waals surface area contributed by atoms with Crippen molar-refractivity contribution in [2.75, 3.05) is 18.5 Å². The van der Waals surface area contributed by atoms with Gasteiger partial charge in [0.15, 0.2) is 0 Å². The van der Waals surface area contributed by atoms with E-state index >= 15 is 0 Å². The van der Waals surface area contributed by atoms with E-state index in [4.69, 9.17) is 4.74 Å². The first-order valence-corrected chi connectivity index (χ1v) is 10.0. The number of rotatable bonds is 5. The fraction of sp³-hybridized carbons (Fsp3) is 0.667. The summed E-state index contributed by atoms with van der Waals surface area (Å²) in [5.74, 6) is 1.01. The molecule has 2 aliphatic rings. The van der Waals surface area contributed by atoms with Gasteiger partial charge in [0, 0.05) is 30.1 Å². The molecule has 4 rings (SSSR count). The van der Waals surface area contributed by atoms with Crippen LogP contribution < -0.4 is 10.6 Å². The second kappa shape index (κ2) is 7.76. The van der Waals surface area contributed by atoms with Gasteiger partial charge in [0.1, 0.15) is 17.0 Å². The van der Waals surface area contributed by atoms with E-state index in [0.717, 1.165) is 36.8 Å². The third-order valence-electron chi connectivity index (χ3n) is 5.07. The van der Waals surface area contributed by atoms with Crippen LogP contribution in [0.1, 0.15) is 49.8 Å². The van der Waals surface area contributed by atoms with Crippen molar-refractivity contribution in [3.63, 3.8) is 0 Å². The number of aromatic nitrogens is 2. The van der Waals surface area contributed by atoms with E-state index in [-0.39, 0.29) is 0 Å². The SMILES string of the molecule is c1nc(NC2CCCCCC2)c2cc(CNC3CCOC3)sc2n1. The zero-order valence-electron chi connectivity index (χ0n) is 14.1.